The number of rotatable bonds is 5. The molecule has 34 heavy (non-hydrogen) atoms. The fourth-order valence-corrected chi connectivity index (χ4v) is 5.59. The van der Waals surface area contributed by atoms with Crippen LogP contribution >= 0.6 is 0 Å². The maximum atomic E-state index is 13.1. The van der Waals surface area contributed by atoms with Crippen molar-refractivity contribution in [2.24, 2.45) is 0 Å². The Labute approximate surface area is 201 Å². The molecule has 0 saturated heterocycles. The van der Waals surface area contributed by atoms with Crippen molar-refractivity contribution >= 4 is 32.3 Å². The zero-order valence-electron chi connectivity index (χ0n) is 20.4. The summed E-state index contributed by atoms with van der Waals surface area (Å²) in [6.45, 7) is 11.4. The van der Waals surface area contributed by atoms with Crippen molar-refractivity contribution in [1.82, 2.24) is 14.9 Å². The highest BCUT2D eigenvalue weighted by Crippen LogP contribution is 2.33. The number of fused-ring (bicyclic) bond motifs is 1. The summed E-state index contributed by atoms with van der Waals surface area (Å²) < 4.78 is 28.9. The fraction of sp³-hybridized carbons (Fsp3) is 0.259. The van der Waals surface area contributed by atoms with Crippen LogP contribution < -0.4 is 10.0 Å². The maximum Gasteiger partial charge on any atom is 0.241 e. The van der Waals surface area contributed by atoms with Gasteiger partial charge in [-0.1, -0.05) is 48.5 Å². The molecule has 0 radical (unpaired) electrons. The molecule has 0 bridgehead atoms. The highest BCUT2D eigenvalue weighted by Gasteiger charge is 2.24. The van der Waals surface area contributed by atoms with Gasteiger partial charge in [-0.3, -0.25) is 0 Å². The van der Waals surface area contributed by atoms with Gasteiger partial charge in [0.15, 0.2) is 5.82 Å². The first kappa shape index (κ1) is 23.9. The van der Waals surface area contributed by atoms with E-state index < -0.39 is 15.6 Å². The third-order valence-corrected chi connectivity index (χ3v) is 7.43. The normalized spacial score (nSPS) is 12.2. The Balaban J connectivity index is 1.83. The zero-order chi connectivity index (χ0) is 24.7. The summed E-state index contributed by atoms with van der Waals surface area (Å²) in [5.41, 5.74) is 4.65. The van der Waals surface area contributed by atoms with Crippen molar-refractivity contribution in [3.63, 3.8) is 0 Å². The average molecular weight is 475 g/mol. The highest BCUT2D eigenvalue weighted by atomic mass is 32.2. The van der Waals surface area contributed by atoms with Crippen LogP contribution in [0.4, 0.5) is 11.5 Å². The van der Waals surface area contributed by atoms with Gasteiger partial charge in [-0.2, -0.15) is 0 Å². The number of aryl methyl sites for hydroxylation is 3. The van der Waals surface area contributed by atoms with Gasteiger partial charge in [0.25, 0.3) is 0 Å². The lowest BCUT2D eigenvalue weighted by Gasteiger charge is -2.21. The molecule has 4 rings (SSSR count). The van der Waals surface area contributed by atoms with E-state index in [4.69, 9.17) is 0 Å². The van der Waals surface area contributed by atoms with Crippen molar-refractivity contribution in [2.75, 3.05) is 5.32 Å². The number of anilines is 2. The largest absolute Gasteiger partial charge is 0.338 e. The Morgan fingerprint density at radius 3 is 2.18 bits per heavy atom. The maximum absolute atomic E-state index is 13.1. The van der Waals surface area contributed by atoms with E-state index in [1.807, 2.05) is 64.1 Å². The van der Waals surface area contributed by atoms with Gasteiger partial charge in [0.05, 0.1) is 4.90 Å². The van der Waals surface area contributed by atoms with Crippen LogP contribution in [-0.4, -0.2) is 24.2 Å². The third-order valence-electron chi connectivity index (χ3n) is 5.53. The monoisotopic (exact) mass is 474 g/mol. The van der Waals surface area contributed by atoms with Crippen LogP contribution in [0.5, 0.6) is 0 Å². The summed E-state index contributed by atoms with van der Waals surface area (Å²) in [7, 11) is -3.70. The van der Waals surface area contributed by atoms with Gasteiger partial charge in [0.2, 0.25) is 10.0 Å². The molecule has 4 aromatic rings. The number of nitrogens with zero attached hydrogens (tertiary/aromatic N) is 2. The van der Waals surface area contributed by atoms with Crippen LogP contribution in [0.2, 0.25) is 0 Å². The second-order valence-corrected chi connectivity index (χ2v) is 11.4. The van der Waals surface area contributed by atoms with E-state index in [9.17, 15) is 8.42 Å². The number of sulfonamides is 1. The van der Waals surface area contributed by atoms with E-state index in [1.165, 1.54) is 0 Å². The van der Waals surface area contributed by atoms with Gasteiger partial charge in [0.1, 0.15) is 5.69 Å². The standard InChI is InChI=1S/C27H30N4O2S/c1-17-11-12-18(2)23(15-17)28-26-22-10-8-7-9-21(22)25(29-30-26)20-14-13-19(3)24(16-20)34(32,33)31-27(4,5)6/h7-16,31H,1-6H3,(H,28,30). The lowest BCUT2D eigenvalue weighted by molar-refractivity contribution is 0.491. The first-order chi connectivity index (χ1) is 15.9. The Bertz CT molecular complexity index is 1490. The molecule has 3 aromatic carbocycles. The third kappa shape index (κ3) is 4.95. The highest BCUT2D eigenvalue weighted by molar-refractivity contribution is 7.89. The number of aromatic nitrogens is 2. The number of hydrogen-bond acceptors (Lipinski definition) is 5. The van der Waals surface area contributed by atoms with E-state index in [1.54, 1.807) is 13.0 Å². The predicted molar refractivity (Wildman–Crippen MR) is 139 cm³/mol. The quantitative estimate of drug-likeness (QED) is 0.368. The van der Waals surface area contributed by atoms with Gasteiger partial charge in [-0.15, -0.1) is 10.2 Å². The first-order valence-corrected chi connectivity index (χ1v) is 12.7. The predicted octanol–water partition coefficient (Wildman–Crippen LogP) is 6.04. The minimum atomic E-state index is -3.70. The van der Waals surface area contributed by atoms with Gasteiger partial charge < -0.3 is 5.32 Å². The summed E-state index contributed by atoms with van der Waals surface area (Å²) in [5, 5.41) is 14.2. The van der Waals surface area contributed by atoms with Crippen molar-refractivity contribution < 1.29 is 8.42 Å². The molecule has 0 atom stereocenters. The topological polar surface area (TPSA) is 84.0 Å². The van der Waals surface area contributed by atoms with Crippen LogP contribution in [0.15, 0.2) is 65.6 Å². The number of hydrogen-bond donors (Lipinski definition) is 2. The van der Waals surface area contributed by atoms with E-state index in [-0.39, 0.29) is 4.90 Å². The molecule has 0 fully saturated rings. The van der Waals surface area contributed by atoms with Crippen molar-refractivity contribution in [3.8, 4) is 11.3 Å². The van der Waals surface area contributed by atoms with Crippen LogP contribution in [0.1, 0.15) is 37.5 Å². The Hall–Kier alpha value is -3.29. The Morgan fingerprint density at radius 2 is 1.47 bits per heavy atom. The summed E-state index contributed by atoms with van der Waals surface area (Å²) >= 11 is 0. The molecular formula is C27H30N4O2S. The van der Waals surface area contributed by atoms with Crippen LogP contribution in [0.25, 0.3) is 22.0 Å². The van der Waals surface area contributed by atoms with Gasteiger partial charge >= 0.3 is 0 Å². The molecule has 0 aliphatic rings. The zero-order valence-corrected chi connectivity index (χ0v) is 21.2. The van der Waals surface area contributed by atoms with Crippen LogP contribution in [-0.2, 0) is 10.0 Å². The molecule has 0 aliphatic carbocycles. The molecule has 6 nitrogen and oxygen atoms in total. The molecule has 0 unspecified atom stereocenters. The molecule has 1 heterocycles. The smallest absolute Gasteiger partial charge is 0.241 e. The fourth-order valence-electron chi connectivity index (χ4n) is 3.90. The van der Waals surface area contributed by atoms with E-state index >= 15 is 0 Å². The lowest BCUT2D eigenvalue weighted by Crippen LogP contribution is -2.40. The van der Waals surface area contributed by atoms with Crippen molar-refractivity contribution in [3.05, 3.63) is 77.4 Å². The van der Waals surface area contributed by atoms with E-state index in [2.05, 4.69) is 45.4 Å². The first-order valence-electron chi connectivity index (χ1n) is 11.2. The lowest BCUT2D eigenvalue weighted by atomic mass is 10.0. The minimum Gasteiger partial charge on any atom is -0.338 e. The Kier molecular flexibility index (Phi) is 6.18. The molecule has 7 heteroatoms. The minimum absolute atomic E-state index is 0.239. The molecular weight excluding hydrogens is 444 g/mol. The molecule has 1 aromatic heterocycles. The molecule has 2 N–H and O–H groups in total. The van der Waals surface area contributed by atoms with E-state index in [0.29, 0.717) is 22.6 Å². The summed E-state index contributed by atoms with van der Waals surface area (Å²) in [6.07, 6.45) is 0. The second-order valence-electron chi connectivity index (χ2n) is 9.72. The van der Waals surface area contributed by atoms with Gasteiger partial charge in [-0.05, 0) is 70.4 Å². The van der Waals surface area contributed by atoms with Gasteiger partial charge in [0, 0.05) is 27.6 Å². The molecule has 176 valence electrons. The SMILES string of the molecule is Cc1ccc(C)c(Nc2nnc(-c3ccc(C)c(S(=O)(=O)NC(C)(C)C)c3)c3ccccc23)c1. The summed E-state index contributed by atoms with van der Waals surface area (Å²) in [4.78, 5) is 0.239. The Morgan fingerprint density at radius 1 is 0.794 bits per heavy atom. The van der Waals surface area contributed by atoms with Gasteiger partial charge in [-0.25, -0.2) is 13.1 Å². The van der Waals surface area contributed by atoms with Crippen molar-refractivity contribution in [1.29, 1.82) is 0 Å². The van der Waals surface area contributed by atoms with Crippen LogP contribution in [0.3, 0.4) is 0 Å². The summed E-state index contributed by atoms with van der Waals surface area (Å²) in [5.74, 6) is 0.655. The van der Waals surface area contributed by atoms with Crippen molar-refractivity contribution in [2.45, 2.75) is 52.0 Å². The average Bonchev–Trinajstić information content (AvgIpc) is 2.75. The number of nitrogens with one attached hydrogen (secondary N) is 2. The molecule has 0 aliphatic heterocycles. The summed E-state index contributed by atoms with van der Waals surface area (Å²) in [6, 6.07) is 19.5. The van der Waals surface area contributed by atoms with Crippen LogP contribution in [0, 0.1) is 20.8 Å². The second kappa shape index (κ2) is 8.81. The molecule has 0 saturated carbocycles. The van der Waals surface area contributed by atoms with E-state index in [0.717, 1.165) is 27.6 Å². The number of benzene rings is 3. The molecule has 0 spiro atoms. The molecule has 0 amide bonds.